The molecule has 1 aliphatic carbocycles. The van der Waals surface area contributed by atoms with E-state index in [0.717, 1.165) is 30.6 Å². The van der Waals surface area contributed by atoms with Crippen LogP contribution < -0.4 is 10.1 Å². The molecule has 1 amide bonds. The molecule has 1 saturated carbocycles. The molecule has 0 spiro atoms. The third kappa shape index (κ3) is 4.99. The summed E-state index contributed by atoms with van der Waals surface area (Å²) in [7, 11) is 0. The summed E-state index contributed by atoms with van der Waals surface area (Å²) in [6.07, 6.45) is 7.75. The lowest BCUT2D eigenvalue weighted by Gasteiger charge is -2.29. The van der Waals surface area contributed by atoms with Crippen LogP contribution in [-0.4, -0.2) is 18.6 Å². The summed E-state index contributed by atoms with van der Waals surface area (Å²) in [6, 6.07) is 9.45. The highest BCUT2D eigenvalue weighted by atomic mass is 16.5. The maximum Gasteiger partial charge on any atom is 0.262 e. The van der Waals surface area contributed by atoms with E-state index in [1.54, 1.807) is 12.2 Å². The van der Waals surface area contributed by atoms with Gasteiger partial charge in [-0.05, 0) is 42.5 Å². The van der Waals surface area contributed by atoms with Crippen molar-refractivity contribution in [2.45, 2.75) is 38.6 Å². The van der Waals surface area contributed by atoms with E-state index >= 15 is 0 Å². The van der Waals surface area contributed by atoms with E-state index in [0.29, 0.717) is 12.5 Å². The zero-order valence-corrected chi connectivity index (χ0v) is 14.1. The Morgan fingerprint density at radius 1 is 1.38 bits per heavy atom. The second-order valence-corrected chi connectivity index (χ2v) is 6.18. The van der Waals surface area contributed by atoms with Crippen molar-refractivity contribution in [1.82, 2.24) is 5.32 Å². The number of carbonyl (C=O) groups is 1. The van der Waals surface area contributed by atoms with Crippen molar-refractivity contribution in [1.29, 1.82) is 5.26 Å². The molecule has 0 aliphatic heterocycles. The Morgan fingerprint density at radius 3 is 2.71 bits per heavy atom. The third-order valence-corrected chi connectivity index (χ3v) is 4.35. The summed E-state index contributed by atoms with van der Waals surface area (Å²) in [5.74, 6) is 0.901. The van der Waals surface area contributed by atoms with E-state index in [4.69, 9.17) is 4.74 Å². The summed E-state index contributed by atoms with van der Waals surface area (Å²) >= 11 is 0. The molecule has 1 fully saturated rings. The number of ether oxygens (including phenoxy) is 1. The van der Waals surface area contributed by atoms with E-state index in [1.165, 1.54) is 6.42 Å². The van der Waals surface area contributed by atoms with Gasteiger partial charge in [0, 0.05) is 6.04 Å². The van der Waals surface area contributed by atoms with Crippen molar-refractivity contribution in [2.24, 2.45) is 5.92 Å². The number of nitrogens with zero attached hydrogens (tertiary/aromatic N) is 1. The number of hydrogen-bond acceptors (Lipinski definition) is 3. The first-order chi connectivity index (χ1) is 11.6. The average molecular weight is 324 g/mol. The van der Waals surface area contributed by atoms with Crippen LogP contribution in [0.15, 0.2) is 42.5 Å². The molecule has 0 bridgehead atoms. The predicted molar refractivity (Wildman–Crippen MR) is 95.3 cm³/mol. The highest BCUT2D eigenvalue weighted by Crippen LogP contribution is 2.24. The SMILES string of the molecule is C=CCOc1ccc(/C=C(\C#N)C(=O)N[C@@H]2CCCC[C@H]2C)cc1. The Morgan fingerprint density at radius 2 is 2.08 bits per heavy atom. The number of benzene rings is 1. The average Bonchev–Trinajstić information content (AvgIpc) is 2.60. The van der Waals surface area contributed by atoms with Crippen LogP contribution in [0.5, 0.6) is 5.75 Å². The third-order valence-electron chi connectivity index (χ3n) is 4.35. The van der Waals surface area contributed by atoms with Crippen LogP contribution in [0.4, 0.5) is 0 Å². The molecule has 1 N–H and O–H groups in total. The predicted octanol–water partition coefficient (Wildman–Crippen LogP) is 3.85. The van der Waals surface area contributed by atoms with Crippen LogP contribution in [0.3, 0.4) is 0 Å². The van der Waals surface area contributed by atoms with Gasteiger partial charge in [-0.25, -0.2) is 0 Å². The summed E-state index contributed by atoms with van der Waals surface area (Å²) in [6.45, 7) is 6.20. The largest absolute Gasteiger partial charge is 0.490 e. The molecule has 0 heterocycles. The summed E-state index contributed by atoms with van der Waals surface area (Å²) in [5.41, 5.74) is 0.928. The fourth-order valence-corrected chi connectivity index (χ4v) is 2.91. The molecule has 2 atom stereocenters. The zero-order valence-electron chi connectivity index (χ0n) is 14.1. The maximum atomic E-state index is 12.4. The van der Waals surface area contributed by atoms with Gasteiger partial charge in [-0.3, -0.25) is 4.79 Å². The standard InChI is InChI=1S/C20H24N2O2/c1-3-12-24-18-10-8-16(9-11-18)13-17(14-21)20(23)22-19-7-5-4-6-15(19)2/h3,8-11,13,15,19H,1,4-7,12H2,2H3,(H,22,23)/b17-13+/t15-,19-/m1/s1. The molecule has 24 heavy (non-hydrogen) atoms. The van der Waals surface area contributed by atoms with Crippen LogP contribution in [0.1, 0.15) is 38.2 Å². The van der Waals surface area contributed by atoms with E-state index in [1.807, 2.05) is 30.3 Å². The number of hydrogen-bond donors (Lipinski definition) is 1. The van der Waals surface area contributed by atoms with Gasteiger partial charge in [-0.15, -0.1) is 0 Å². The molecule has 126 valence electrons. The fraction of sp³-hybridized carbons (Fsp3) is 0.400. The van der Waals surface area contributed by atoms with Crippen molar-refractivity contribution in [2.75, 3.05) is 6.61 Å². The lowest BCUT2D eigenvalue weighted by molar-refractivity contribution is -0.118. The Bertz CT molecular complexity index is 641. The van der Waals surface area contributed by atoms with E-state index < -0.39 is 0 Å². The van der Waals surface area contributed by atoms with Gasteiger partial charge in [0.2, 0.25) is 0 Å². The highest BCUT2D eigenvalue weighted by molar-refractivity contribution is 6.01. The Labute approximate surface area is 143 Å². The number of rotatable bonds is 6. The molecular weight excluding hydrogens is 300 g/mol. The zero-order chi connectivity index (χ0) is 17.4. The molecule has 0 aromatic heterocycles. The van der Waals surface area contributed by atoms with Gasteiger partial charge in [0.05, 0.1) is 0 Å². The van der Waals surface area contributed by atoms with Crippen LogP contribution in [0, 0.1) is 17.2 Å². The van der Waals surface area contributed by atoms with Gasteiger partial charge in [-0.1, -0.05) is 44.6 Å². The quantitative estimate of drug-likeness (QED) is 0.491. The van der Waals surface area contributed by atoms with Gasteiger partial charge in [0.1, 0.15) is 24.0 Å². The lowest BCUT2D eigenvalue weighted by atomic mass is 9.86. The molecule has 1 aromatic rings. The number of nitriles is 1. The van der Waals surface area contributed by atoms with Gasteiger partial charge >= 0.3 is 0 Å². The molecule has 1 aliphatic rings. The molecule has 0 saturated heterocycles. The van der Waals surface area contributed by atoms with Crippen LogP contribution >= 0.6 is 0 Å². The second kappa shape index (κ2) is 8.93. The van der Waals surface area contributed by atoms with Crippen molar-refractivity contribution in [3.8, 4) is 11.8 Å². The summed E-state index contributed by atoms with van der Waals surface area (Å²) < 4.78 is 5.42. The minimum Gasteiger partial charge on any atom is -0.490 e. The van der Waals surface area contributed by atoms with Crippen molar-refractivity contribution < 1.29 is 9.53 Å². The van der Waals surface area contributed by atoms with E-state index in [2.05, 4.69) is 18.8 Å². The number of carbonyl (C=O) groups excluding carboxylic acids is 1. The molecular formula is C20H24N2O2. The van der Waals surface area contributed by atoms with Crippen molar-refractivity contribution in [3.63, 3.8) is 0 Å². The molecule has 4 heteroatoms. The fourth-order valence-electron chi connectivity index (χ4n) is 2.91. The minimum atomic E-state index is -0.289. The van der Waals surface area contributed by atoms with Crippen LogP contribution in [0.2, 0.25) is 0 Å². The van der Waals surface area contributed by atoms with Crippen LogP contribution in [0.25, 0.3) is 6.08 Å². The van der Waals surface area contributed by atoms with Crippen LogP contribution in [-0.2, 0) is 4.79 Å². The monoisotopic (exact) mass is 324 g/mol. The lowest BCUT2D eigenvalue weighted by Crippen LogP contribution is -2.41. The van der Waals surface area contributed by atoms with E-state index in [-0.39, 0.29) is 17.5 Å². The van der Waals surface area contributed by atoms with Gasteiger partial charge < -0.3 is 10.1 Å². The Kier molecular flexibility index (Phi) is 6.62. The summed E-state index contributed by atoms with van der Waals surface area (Å²) in [4.78, 5) is 12.4. The maximum absolute atomic E-state index is 12.4. The molecule has 2 rings (SSSR count). The first kappa shape index (κ1) is 17.8. The van der Waals surface area contributed by atoms with Crippen molar-refractivity contribution in [3.05, 3.63) is 48.1 Å². The van der Waals surface area contributed by atoms with Gasteiger partial charge in [0.25, 0.3) is 5.91 Å². The smallest absolute Gasteiger partial charge is 0.262 e. The number of amides is 1. The van der Waals surface area contributed by atoms with Gasteiger partial charge in [-0.2, -0.15) is 5.26 Å². The minimum absolute atomic E-state index is 0.132. The summed E-state index contributed by atoms with van der Waals surface area (Å²) in [5, 5.41) is 12.3. The van der Waals surface area contributed by atoms with Crippen molar-refractivity contribution >= 4 is 12.0 Å². The second-order valence-electron chi connectivity index (χ2n) is 6.18. The molecule has 0 radical (unpaired) electrons. The van der Waals surface area contributed by atoms with Gasteiger partial charge in [0.15, 0.2) is 0 Å². The number of nitrogens with one attached hydrogen (secondary N) is 1. The molecule has 1 aromatic carbocycles. The normalized spacial score (nSPS) is 20.8. The highest BCUT2D eigenvalue weighted by Gasteiger charge is 2.23. The Hall–Kier alpha value is -2.54. The van der Waals surface area contributed by atoms with E-state index in [9.17, 15) is 10.1 Å². The topological polar surface area (TPSA) is 62.1 Å². The Balaban J connectivity index is 2.03. The molecule has 0 unspecified atom stereocenters. The molecule has 4 nitrogen and oxygen atoms in total. The first-order valence-corrected chi connectivity index (χ1v) is 8.40. The first-order valence-electron chi connectivity index (χ1n) is 8.40.